The highest BCUT2D eigenvalue weighted by atomic mass is 16.3. The number of rotatable bonds is 3. The zero-order valence-electron chi connectivity index (χ0n) is 17.3. The van der Waals surface area contributed by atoms with Crippen molar-refractivity contribution in [2.24, 2.45) is 0 Å². The molecule has 0 saturated heterocycles. The maximum Gasteiger partial charge on any atom is 0.121 e. The number of aromatic hydroxyl groups is 3. The summed E-state index contributed by atoms with van der Waals surface area (Å²) in [5.41, 5.74) is 7.46. The Kier molecular flexibility index (Phi) is 4.99. The molecule has 3 aromatic carbocycles. The topological polar surface area (TPSA) is 63.9 Å². The number of hydrogen-bond donors (Lipinski definition) is 3. The van der Waals surface area contributed by atoms with Crippen molar-refractivity contribution >= 4 is 17.1 Å². The van der Waals surface area contributed by atoms with E-state index in [-0.39, 0.29) is 0 Å². The second kappa shape index (κ2) is 7.12. The predicted octanol–water partition coefficient (Wildman–Crippen LogP) is 6.12. The summed E-state index contributed by atoms with van der Waals surface area (Å²) < 4.78 is 0. The van der Waals surface area contributed by atoms with E-state index in [0.717, 1.165) is 50.4 Å². The molecule has 3 rings (SSSR count). The predicted molar refractivity (Wildman–Crippen MR) is 115 cm³/mol. The van der Waals surface area contributed by atoms with Gasteiger partial charge in [0.2, 0.25) is 0 Å². The molecule has 0 saturated carbocycles. The Bertz CT molecular complexity index is 864. The van der Waals surface area contributed by atoms with Gasteiger partial charge >= 0.3 is 0 Å². The Morgan fingerprint density at radius 3 is 0.786 bits per heavy atom. The van der Waals surface area contributed by atoms with E-state index in [0.29, 0.717) is 17.2 Å². The summed E-state index contributed by atoms with van der Waals surface area (Å²) in [7, 11) is 0. The molecule has 3 aromatic rings. The van der Waals surface area contributed by atoms with Crippen LogP contribution < -0.4 is 4.90 Å². The Morgan fingerprint density at radius 1 is 0.429 bits per heavy atom. The molecule has 146 valence electrons. The third kappa shape index (κ3) is 3.38. The number of phenolic OH excluding ortho intramolecular Hbond substituents is 3. The van der Waals surface area contributed by atoms with Gasteiger partial charge in [0.25, 0.3) is 0 Å². The van der Waals surface area contributed by atoms with Gasteiger partial charge in [-0.15, -0.1) is 0 Å². The zero-order chi connectivity index (χ0) is 20.7. The van der Waals surface area contributed by atoms with Crippen molar-refractivity contribution in [2.75, 3.05) is 4.90 Å². The maximum atomic E-state index is 10.2. The molecule has 4 heteroatoms. The van der Waals surface area contributed by atoms with Gasteiger partial charge in [0.1, 0.15) is 17.2 Å². The second-order valence-corrected chi connectivity index (χ2v) is 7.62. The molecular weight excluding hydrogens is 350 g/mol. The summed E-state index contributed by atoms with van der Waals surface area (Å²) in [6.45, 7) is 11.3. The van der Waals surface area contributed by atoms with E-state index in [2.05, 4.69) is 4.90 Å². The highest BCUT2D eigenvalue weighted by Gasteiger charge is 2.18. The highest BCUT2D eigenvalue weighted by Crippen LogP contribution is 2.41. The molecule has 0 radical (unpaired) electrons. The van der Waals surface area contributed by atoms with Crippen LogP contribution in [0.1, 0.15) is 33.4 Å². The summed E-state index contributed by atoms with van der Waals surface area (Å²) in [4.78, 5) is 2.08. The standard InChI is InChI=1S/C24H27NO3/c1-13-7-19(8-14(2)22(13)26)25(20-9-15(3)23(27)16(4)10-20)21-11-17(5)24(28)18(6)12-21/h7-12,26-28H,1-6H3. The minimum atomic E-state index is 0.292. The Labute approximate surface area is 166 Å². The average molecular weight is 377 g/mol. The van der Waals surface area contributed by atoms with Crippen molar-refractivity contribution in [3.63, 3.8) is 0 Å². The molecule has 0 atom stereocenters. The van der Waals surface area contributed by atoms with Crippen LogP contribution in [0.2, 0.25) is 0 Å². The van der Waals surface area contributed by atoms with Crippen LogP contribution in [0.5, 0.6) is 17.2 Å². The van der Waals surface area contributed by atoms with E-state index in [1.54, 1.807) is 0 Å². The fraction of sp³-hybridized carbons (Fsp3) is 0.250. The van der Waals surface area contributed by atoms with Crippen molar-refractivity contribution < 1.29 is 15.3 Å². The first-order valence-corrected chi connectivity index (χ1v) is 9.31. The average Bonchev–Trinajstić information content (AvgIpc) is 2.62. The van der Waals surface area contributed by atoms with Crippen LogP contribution in [0.3, 0.4) is 0 Å². The molecule has 0 aliphatic rings. The first-order valence-electron chi connectivity index (χ1n) is 9.31. The molecule has 4 nitrogen and oxygen atoms in total. The number of nitrogens with zero attached hydrogens (tertiary/aromatic N) is 1. The van der Waals surface area contributed by atoms with Crippen LogP contribution in [0.25, 0.3) is 0 Å². The van der Waals surface area contributed by atoms with Crippen LogP contribution in [-0.2, 0) is 0 Å². The highest BCUT2D eigenvalue weighted by molar-refractivity contribution is 5.80. The van der Waals surface area contributed by atoms with E-state index in [9.17, 15) is 15.3 Å². The first-order chi connectivity index (χ1) is 13.1. The van der Waals surface area contributed by atoms with Crippen LogP contribution in [0, 0.1) is 41.5 Å². The van der Waals surface area contributed by atoms with Gasteiger partial charge in [-0.05, 0) is 111 Å². The second-order valence-electron chi connectivity index (χ2n) is 7.62. The van der Waals surface area contributed by atoms with Gasteiger partial charge in [0.15, 0.2) is 0 Å². The number of hydrogen-bond acceptors (Lipinski definition) is 4. The number of aryl methyl sites for hydroxylation is 6. The lowest BCUT2D eigenvalue weighted by Gasteiger charge is -2.28. The van der Waals surface area contributed by atoms with Crippen LogP contribution in [0.15, 0.2) is 36.4 Å². The largest absolute Gasteiger partial charge is 0.507 e. The summed E-state index contributed by atoms with van der Waals surface area (Å²) in [6.07, 6.45) is 0. The number of phenols is 3. The molecule has 0 unspecified atom stereocenters. The van der Waals surface area contributed by atoms with E-state index < -0.39 is 0 Å². The minimum Gasteiger partial charge on any atom is -0.507 e. The van der Waals surface area contributed by atoms with E-state index in [1.807, 2.05) is 77.9 Å². The summed E-state index contributed by atoms with van der Waals surface area (Å²) in [5, 5.41) is 30.7. The Balaban J connectivity index is 2.32. The molecular formula is C24H27NO3. The van der Waals surface area contributed by atoms with Crippen molar-refractivity contribution in [3.8, 4) is 17.2 Å². The number of anilines is 3. The SMILES string of the molecule is Cc1cc(N(c2cc(C)c(O)c(C)c2)c2cc(C)c(O)c(C)c2)cc(C)c1O. The van der Waals surface area contributed by atoms with Crippen LogP contribution in [0.4, 0.5) is 17.1 Å². The van der Waals surface area contributed by atoms with Crippen molar-refractivity contribution in [3.05, 3.63) is 69.8 Å². The van der Waals surface area contributed by atoms with Gasteiger partial charge in [-0.3, -0.25) is 0 Å². The van der Waals surface area contributed by atoms with Gasteiger partial charge in [-0.2, -0.15) is 0 Å². The molecule has 0 aliphatic carbocycles. The van der Waals surface area contributed by atoms with Crippen LogP contribution in [-0.4, -0.2) is 15.3 Å². The minimum absolute atomic E-state index is 0.292. The van der Waals surface area contributed by atoms with Crippen LogP contribution >= 0.6 is 0 Å². The van der Waals surface area contributed by atoms with Crippen molar-refractivity contribution in [1.82, 2.24) is 0 Å². The van der Waals surface area contributed by atoms with E-state index in [1.165, 1.54) is 0 Å². The van der Waals surface area contributed by atoms with Gasteiger partial charge in [-0.1, -0.05) is 0 Å². The molecule has 0 bridgehead atoms. The number of benzene rings is 3. The summed E-state index contributed by atoms with van der Waals surface area (Å²) >= 11 is 0. The van der Waals surface area contributed by atoms with Gasteiger partial charge < -0.3 is 20.2 Å². The van der Waals surface area contributed by atoms with Gasteiger partial charge in [-0.25, -0.2) is 0 Å². The monoisotopic (exact) mass is 377 g/mol. The van der Waals surface area contributed by atoms with Gasteiger partial charge in [0.05, 0.1) is 0 Å². The first kappa shape index (κ1) is 19.6. The third-order valence-electron chi connectivity index (χ3n) is 5.20. The lowest BCUT2D eigenvalue weighted by molar-refractivity contribution is 0.467. The van der Waals surface area contributed by atoms with Crippen molar-refractivity contribution in [1.29, 1.82) is 0 Å². The molecule has 3 N–H and O–H groups in total. The summed E-state index contributed by atoms with van der Waals surface area (Å²) in [6, 6.07) is 11.7. The molecule has 0 aliphatic heterocycles. The fourth-order valence-corrected chi connectivity index (χ4v) is 3.63. The molecule has 0 amide bonds. The molecule has 28 heavy (non-hydrogen) atoms. The third-order valence-corrected chi connectivity index (χ3v) is 5.20. The normalized spacial score (nSPS) is 10.9. The molecule has 0 spiro atoms. The Hall–Kier alpha value is -3.14. The molecule has 0 heterocycles. The lowest BCUT2D eigenvalue weighted by Crippen LogP contribution is -2.12. The smallest absolute Gasteiger partial charge is 0.121 e. The molecule has 0 aromatic heterocycles. The fourth-order valence-electron chi connectivity index (χ4n) is 3.63. The quantitative estimate of drug-likeness (QED) is 0.514. The maximum absolute atomic E-state index is 10.2. The Morgan fingerprint density at radius 2 is 0.607 bits per heavy atom. The zero-order valence-corrected chi connectivity index (χ0v) is 17.3. The lowest BCUT2D eigenvalue weighted by atomic mass is 10.0. The molecule has 0 fully saturated rings. The van der Waals surface area contributed by atoms with E-state index in [4.69, 9.17) is 0 Å². The van der Waals surface area contributed by atoms with Gasteiger partial charge in [0, 0.05) is 17.1 Å². The summed E-state index contributed by atoms with van der Waals surface area (Å²) in [5.74, 6) is 0.875. The van der Waals surface area contributed by atoms with Crippen molar-refractivity contribution in [2.45, 2.75) is 41.5 Å². The van der Waals surface area contributed by atoms with E-state index >= 15 is 0 Å².